The molecule has 3 aliphatic heterocycles. The minimum atomic E-state index is -0.509. The molecule has 2 N–H and O–H groups in total. The second-order valence-electron chi connectivity index (χ2n) is 9.28. The van der Waals surface area contributed by atoms with Gasteiger partial charge in [-0.3, -0.25) is 9.59 Å². The zero-order chi connectivity index (χ0) is 23.9. The van der Waals surface area contributed by atoms with Crippen LogP contribution < -0.4 is 5.32 Å². The number of benzene rings is 2. The Morgan fingerprint density at radius 2 is 1.94 bits per heavy atom. The van der Waals surface area contributed by atoms with Crippen LogP contribution in [0.4, 0.5) is 0 Å². The second-order valence-corrected chi connectivity index (χ2v) is 9.28. The van der Waals surface area contributed by atoms with E-state index in [1.807, 2.05) is 18.2 Å². The van der Waals surface area contributed by atoms with E-state index >= 15 is 0 Å². The maximum absolute atomic E-state index is 13.1. The first-order valence-corrected chi connectivity index (χ1v) is 11.4. The predicted octanol–water partition coefficient (Wildman–Crippen LogP) is 5.22. The number of carbonyl (C=O) groups excluding carboxylic acids is 1. The van der Waals surface area contributed by atoms with Crippen LogP contribution in [0.2, 0.25) is 0 Å². The van der Waals surface area contributed by atoms with Crippen LogP contribution in [0.1, 0.15) is 53.7 Å². The first-order valence-electron chi connectivity index (χ1n) is 11.4. The number of para-hydroxylation sites is 1. The summed E-state index contributed by atoms with van der Waals surface area (Å²) in [6.07, 6.45) is 4.64. The van der Waals surface area contributed by atoms with E-state index in [0.717, 1.165) is 61.5 Å². The normalized spacial score (nSPS) is 24.1. The van der Waals surface area contributed by atoms with Crippen molar-refractivity contribution in [2.75, 3.05) is 0 Å². The molecule has 0 radical (unpaired) electrons. The third kappa shape index (κ3) is 2.20. The molecular formula is C27H25N3O4. The largest absolute Gasteiger partial charge is 0.483 e. The van der Waals surface area contributed by atoms with Gasteiger partial charge in [-0.15, -0.1) is 0 Å². The Morgan fingerprint density at radius 3 is 2.65 bits per heavy atom. The van der Waals surface area contributed by atoms with Crippen LogP contribution in [0, 0.1) is 5.92 Å². The smallest absolute Gasteiger partial charge is 0.290 e. The van der Waals surface area contributed by atoms with Crippen LogP contribution >= 0.6 is 0 Å². The Bertz CT molecular complexity index is 1590. The Morgan fingerprint density at radius 1 is 1.21 bits per heavy atom. The molecule has 1 saturated heterocycles. The summed E-state index contributed by atoms with van der Waals surface area (Å²) in [6.45, 7) is 13.0. The molecule has 2 bridgehead atoms. The minimum Gasteiger partial charge on any atom is -0.483 e. The summed E-state index contributed by atoms with van der Waals surface area (Å²) >= 11 is 0. The SMILES string of the molecule is C=Cc1c(C=C)n2c3c1c1c(c4c5ccccc5n(c43)C3CC(C)C2(C)O3)C(=O)NC1.O=CO. The van der Waals surface area contributed by atoms with E-state index < -0.39 is 5.72 Å². The number of ether oxygens (including phenoxy) is 1. The summed E-state index contributed by atoms with van der Waals surface area (Å²) in [5.41, 5.74) is 6.71. The fourth-order valence-corrected chi connectivity index (χ4v) is 6.41. The number of fused-ring (bicyclic) bond motifs is 10. The van der Waals surface area contributed by atoms with E-state index in [9.17, 15) is 4.79 Å². The van der Waals surface area contributed by atoms with Crippen molar-refractivity contribution in [1.29, 1.82) is 0 Å². The lowest BCUT2D eigenvalue weighted by atomic mass is 9.94. The summed E-state index contributed by atoms with van der Waals surface area (Å²) in [4.78, 5) is 21.5. The zero-order valence-electron chi connectivity index (χ0n) is 19.1. The molecule has 3 atom stereocenters. The summed E-state index contributed by atoms with van der Waals surface area (Å²) in [5, 5.41) is 13.2. The highest BCUT2D eigenvalue weighted by molar-refractivity contribution is 6.28. The van der Waals surface area contributed by atoms with Gasteiger partial charge in [0.25, 0.3) is 12.4 Å². The molecule has 0 spiro atoms. The van der Waals surface area contributed by atoms with Gasteiger partial charge in [-0.1, -0.05) is 44.4 Å². The lowest BCUT2D eigenvalue weighted by Crippen LogP contribution is -2.35. The minimum absolute atomic E-state index is 0.00220. The Kier molecular flexibility index (Phi) is 4.17. The molecule has 2 aromatic carbocycles. The highest BCUT2D eigenvalue weighted by atomic mass is 16.5. The van der Waals surface area contributed by atoms with Crippen molar-refractivity contribution in [2.45, 2.75) is 38.8 Å². The van der Waals surface area contributed by atoms with Gasteiger partial charge in [0.15, 0.2) is 0 Å². The highest BCUT2D eigenvalue weighted by Gasteiger charge is 2.50. The Labute approximate surface area is 195 Å². The molecule has 7 rings (SSSR count). The van der Waals surface area contributed by atoms with E-state index in [2.05, 4.69) is 59.7 Å². The number of carbonyl (C=O) groups is 2. The van der Waals surface area contributed by atoms with E-state index in [4.69, 9.17) is 14.6 Å². The van der Waals surface area contributed by atoms with Crippen molar-refractivity contribution in [2.24, 2.45) is 5.92 Å². The van der Waals surface area contributed by atoms with Crippen molar-refractivity contribution in [3.63, 3.8) is 0 Å². The average molecular weight is 456 g/mol. The standard InChI is InChI=1S/C26H23N3O2.CH2O2/c1-5-14-17(6-2)29-24-20(14)16-12-27-25(30)22(16)21-15-9-7-8-10-18(15)28(23(21)24)19-11-13(3)26(29,4)31-19;2-1-3/h5-10,13,19H,1-2,11-12H2,3-4H3,(H,27,30);1H,(H,2,3). The number of amides is 1. The lowest BCUT2D eigenvalue weighted by molar-refractivity contribution is -0.122. The van der Waals surface area contributed by atoms with Gasteiger partial charge in [-0.2, -0.15) is 0 Å². The van der Waals surface area contributed by atoms with Gasteiger partial charge in [0, 0.05) is 34.2 Å². The number of nitrogens with zero attached hydrogens (tertiary/aromatic N) is 2. The van der Waals surface area contributed by atoms with Crippen LogP contribution in [-0.4, -0.2) is 26.6 Å². The highest BCUT2D eigenvalue weighted by Crippen LogP contribution is 2.55. The summed E-state index contributed by atoms with van der Waals surface area (Å²) in [5.74, 6) is 0.305. The van der Waals surface area contributed by atoms with E-state index in [-0.39, 0.29) is 18.6 Å². The van der Waals surface area contributed by atoms with Crippen LogP contribution in [0.3, 0.4) is 0 Å². The van der Waals surface area contributed by atoms with Gasteiger partial charge in [0.1, 0.15) is 12.0 Å². The second kappa shape index (κ2) is 6.84. The van der Waals surface area contributed by atoms with E-state index in [1.54, 1.807) is 0 Å². The van der Waals surface area contributed by atoms with Crippen molar-refractivity contribution in [3.8, 4) is 0 Å². The van der Waals surface area contributed by atoms with Gasteiger partial charge in [0.05, 0.1) is 27.8 Å². The zero-order valence-corrected chi connectivity index (χ0v) is 19.1. The number of nitrogens with one attached hydrogen (secondary N) is 1. The molecule has 1 amide bonds. The molecule has 0 aliphatic carbocycles. The first-order chi connectivity index (χ1) is 16.4. The van der Waals surface area contributed by atoms with Gasteiger partial charge < -0.3 is 24.3 Å². The van der Waals surface area contributed by atoms with Crippen molar-refractivity contribution >= 4 is 57.2 Å². The molecule has 2 aromatic heterocycles. The van der Waals surface area contributed by atoms with Gasteiger partial charge in [0.2, 0.25) is 0 Å². The number of hydrogen-bond acceptors (Lipinski definition) is 3. The van der Waals surface area contributed by atoms with Crippen molar-refractivity contribution in [1.82, 2.24) is 14.5 Å². The molecule has 0 saturated carbocycles. The average Bonchev–Trinajstić information content (AvgIpc) is 3.52. The van der Waals surface area contributed by atoms with Crippen molar-refractivity contribution in [3.05, 3.63) is 59.8 Å². The molecule has 3 aliphatic rings. The fraction of sp³-hybridized carbons (Fsp3) is 0.259. The van der Waals surface area contributed by atoms with Gasteiger partial charge in [-0.05, 0) is 31.1 Å². The molecule has 7 heteroatoms. The molecular weight excluding hydrogens is 430 g/mol. The summed E-state index contributed by atoms with van der Waals surface area (Å²) in [6, 6.07) is 8.38. The predicted molar refractivity (Wildman–Crippen MR) is 133 cm³/mol. The molecule has 7 nitrogen and oxygen atoms in total. The lowest BCUT2D eigenvalue weighted by Gasteiger charge is -2.32. The number of hydrogen-bond donors (Lipinski definition) is 2. The molecule has 4 aromatic rings. The quantitative estimate of drug-likeness (QED) is 0.406. The maximum Gasteiger partial charge on any atom is 0.290 e. The molecule has 34 heavy (non-hydrogen) atoms. The molecule has 172 valence electrons. The summed E-state index contributed by atoms with van der Waals surface area (Å²) in [7, 11) is 0. The first kappa shape index (κ1) is 20.7. The Balaban J connectivity index is 0.000000691. The number of carboxylic acid groups (broad SMARTS) is 1. The van der Waals surface area contributed by atoms with Crippen LogP contribution in [0.25, 0.3) is 44.9 Å². The van der Waals surface area contributed by atoms with Crippen molar-refractivity contribution < 1.29 is 19.4 Å². The Hall–Kier alpha value is -3.84. The fourth-order valence-electron chi connectivity index (χ4n) is 6.41. The van der Waals surface area contributed by atoms with Crippen LogP contribution in [0.15, 0.2) is 37.4 Å². The van der Waals surface area contributed by atoms with Gasteiger partial charge in [-0.25, -0.2) is 0 Å². The molecule has 1 fully saturated rings. The van der Waals surface area contributed by atoms with Crippen LogP contribution in [-0.2, 0) is 21.8 Å². The van der Waals surface area contributed by atoms with Crippen LogP contribution in [0.5, 0.6) is 0 Å². The van der Waals surface area contributed by atoms with E-state index in [0.29, 0.717) is 12.5 Å². The number of rotatable bonds is 2. The monoisotopic (exact) mass is 455 g/mol. The maximum atomic E-state index is 13.1. The third-order valence-electron chi connectivity index (χ3n) is 7.86. The topological polar surface area (TPSA) is 85.5 Å². The van der Waals surface area contributed by atoms with E-state index in [1.165, 1.54) is 0 Å². The number of aromatic nitrogens is 2. The third-order valence-corrected chi connectivity index (χ3v) is 7.86. The molecule has 5 heterocycles. The van der Waals surface area contributed by atoms with Gasteiger partial charge >= 0.3 is 0 Å². The molecule has 3 unspecified atom stereocenters. The summed E-state index contributed by atoms with van der Waals surface area (Å²) < 4.78 is 11.5.